The number of ether oxygens (including phenoxy) is 1. The molecule has 1 heterocycles. The molecule has 1 atom stereocenters. The molecule has 0 radical (unpaired) electrons. The van der Waals surface area contributed by atoms with E-state index in [2.05, 4.69) is 16.0 Å². The minimum absolute atomic E-state index is 0.149. The molecular formula is C28H31N3O3S3. The SMILES string of the molecule is COC(=O)c1c(NC(=O)C(C)Sc2cccc(NC(=S)Nc3ccccc3)c2)sc2c1CCCCCC2. The second kappa shape index (κ2) is 13.1. The molecule has 9 heteroatoms. The van der Waals surface area contributed by atoms with Crippen LogP contribution in [0.25, 0.3) is 0 Å². The fourth-order valence-electron chi connectivity index (χ4n) is 4.26. The van der Waals surface area contributed by atoms with E-state index < -0.39 is 0 Å². The molecule has 0 fully saturated rings. The van der Waals surface area contributed by atoms with Crippen LogP contribution < -0.4 is 16.0 Å². The summed E-state index contributed by atoms with van der Waals surface area (Å²) in [6.45, 7) is 1.86. The van der Waals surface area contributed by atoms with E-state index in [9.17, 15) is 9.59 Å². The number of nitrogens with one attached hydrogen (secondary N) is 3. The number of rotatable bonds is 7. The molecule has 6 nitrogen and oxygen atoms in total. The molecule has 4 rings (SSSR count). The number of para-hydroxylation sites is 1. The fourth-order valence-corrected chi connectivity index (χ4v) is 6.70. The maximum atomic E-state index is 13.2. The van der Waals surface area contributed by atoms with Crippen LogP contribution in [-0.2, 0) is 22.4 Å². The minimum Gasteiger partial charge on any atom is -0.465 e. The smallest absolute Gasteiger partial charge is 0.341 e. The number of methoxy groups -OCH3 is 1. The lowest BCUT2D eigenvalue weighted by Gasteiger charge is -2.14. The van der Waals surface area contributed by atoms with Crippen molar-refractivity contribution in [3.05, 3.63) is 70.6 Å². The third kappa shape index (κ3) is 7.34. The molecule has 2 aromatic carbocycles. The summed E-state index contributed by atoms with van der Waals surface area (Å²) in [6, 6.07) is 17.5. The van der Waals surface area contributed by atoms with E-state index in [-0.39, 0.29) is 17.1 Å². The number of thiocarbonyl (C=S) groups is 1. The topological polar surface area (TPSA) is 79.5 Å². The predicted molar refractivity (Wildman–Crippen MR) is 158 cm³/mol. The van der Waals surface area contributed by atoms with Crippen molar-refractivity contribution in [3.8, 4) is 0 Å². The van der Waals surface area contributed by atoms with Crippen molar-refractivity contribution in [2.24, 2.45) is 0 Å². The number of esters is 1. The number of benzene rings is 2. The van der Waals surface area contributed by atoms with Crippen LogP contribution in [0.4, 0.5) is 16.4 Å². The van der Waals surface area contributed by atoms with Crippen LogP contribution in [0.2, 0.25) is 0 Å². The zero-order chi connectivity index (χ0) is 26.2. The van der Waals surface area contributed by atoms with Crippen LogP contribution in [0.3, 0.4) is 0 Å². The van der Waals surface area contributed by atoms with Gasteiger partial charge in [-0.3, -0.25) is 4.79 Å². The van der Waals surface area contributed by atoms with Crippen molar-refractivity contribution in [3.63, 3.8) is 0 Å². The molecule has 1 amide bonds. The van der Waals surface area contributed by atoms with Crippen molar-refractivity contribution in [1.82, 2.24) is 0 Å². The number of hydrogen-bond donors (Lipinski definition) is 3. The van der Waals surface area contributed by atoms with E-state index in [1.54, 1.807) is 0 Å². The summed E-state index contributed by atoms with van der Waals surface area (Å²) in [5.74, 6) is -0.531. The lowest BCUT2D eigenvalue weighted by molar-refractivity contribution is -0.115. The summed E-state index contributed by atoms with van der Waals surface area (Å²) in [6.07, 6.45) is 6.28. The van der Waals surface area contributed by atoms with Crippen LogP contribution >= 0.6 is 35.3 Å². The maximum absolute atomic E-state index is 13.2. The molecular weight excluding hydrogens is 523 g/mol. The number of aryl methyl sites for hydroxylation is 1. The Kier molecular flexibility index (Phi) is 9.60. The lowest BCUT2D eigenvalue weighted by Crippen LogP contribution is -2.23. The van der Waals surface area contributed by atoms with Crippen molar-refractivity contribution in [2.45, 2.75) is 55.6 Å². The van der Waals surface area contributed by atoms with E-state index in [0.717, 1.165) is 53.9 Å². The first-order chi connectivity index (χ1) is 17.9. The number of carbonyl (C=O) groups is 2. The van der Waals surface area contributed by atoms with Crippen LogP contribution in [0.15, 0.2) is 59.5 Å². The zero-order valence-corrected chi connectivity index (χ0v) is 23.4. The Morgan fingerprint density at radius 2 is 1.65 bits per heavy atom. The van der Waals surface area contributed by atoms with Crippen molar-refractivity contribution < 1.29 is 14.3 Å². The molecule has 37 heavy (non-hydrogen) atoms. The highest BCUT2D eigenvalue weighted by Gasteiger charge is 2.27. The highest BCUT2D eigenvalue weighted by atomic mass is 32.2. The van der Waals surface area contributed by atoms with Gasteiger partial charge in [0, 0.05) is 21.1 Å². The van der Waals surface area contributed by atoms with Gasteiger partial charge in [-0.05, 0) is 80.7 Å². The van der Waals surface area contributed by atoms with Crippen molar-refractivity contribution >= 4 is 68.7 Å². The summed E-state index contributed by atoms with van der Waals surface area (Å²) >= 11 is 8.40. The summed E-state index contributed by atoms with van der Waals surface area (Å²) in [5, 5.41) is 10.1. The Labute approximate surface area is 231 Å². The number of carbonyl (C=O) groups excluding carboxylic acids is 2. The van der Waals surface area contributed by atoms with Crippen molar-refractivity contribution in [2.75, 3.05) is 23.1 Å². The van der Waals surface area contributed by atoms with Gasteiger partial charge >= 0.3 is 5.97 Å². The largest absolute Gasteiger partial charge is 0.465 e. The normalized spacial score (nSPS) is 13.9. The van der Waals surface area contributed by atoms with Crippen LogP contribution in [0, 0.1) is 0 Å². The molecule has 194 valence electrons. The number of hydrogen-bond acceptors (Lipinski definition) is 6. The highest BCUT2D eigenvalue weighted by Crippen LogP contribution is 2.38. The second-order valence-corrected chi connectivity index (χ2v) is 11.8. The van der Waals surface area contributed by atoms with Gasteiger partial charge in [0.25, 0.3) is 0 Å². The molecule has 1 aromatic heterocycles. The Morgan fingerprint density at radius 1 is 0.946 bits per heavy atom. The number of thiophene rings is 1. The summed E-state index contributed by atoms with van der Waals surface area (Å²) < 4.78 is 5.08. The number of fused-ring (bicyclic) bond motifs is 1. The Hall–Kier alpha value is -2.88. The van der Waals surface area contributed by atoms with E-state index in [0.29, 0.717) is 15.7 Å². The van der Waals surface area contributed by atoms with Gasteiger partial charge in [0.15, 0.2) is 5.11 Å². The van der Waals surface area contributed by atoms with Gasteiger partial charge in [0.05, 0.1) is 17.9 Å². The standard InChI is InChI=1S/C28H31N3O3S3/c1-18(36-21-14-10-13-20(17-21)30-28(35)29-19-11-6-5-7-12-19)25(32)31-26-24(27(33)34-2)22-15-8-3-4-9-16-23(22)37-26/h5-7,10-14,17-18H,3-4,8-9,15-16H2,1-2H3,(H,31,32)(H2,29,30,35). The summed E-state index contributed by atoms with van der Waals surface area (Å²) in [5.41, 5.74) is 3.31. The Morgan fingerprint density at radius 3 is 2.41 bits per heavy atom. The Balaban J connectivity index is 1.42. The average Bonchev–Trinajstić information content (AvgIpc) is 3.19. The minimum atomic E-state index is -0.382. The van der Waals surface area contributed by atoms with Gasteiger partial charge in [-0.25, -0.2) is 4.79 Å². The van der Waals surface area contributed by atoms with Crippen LogP contribution in [-0.4, -0.2) is 29.3 Å². The van der Waals surface area contributed by atoms with Crippen LogP contribution in [0.1, 0.15) is 53.4 Å². The van der Waals surface area contributed by atoms with Gasteiger partial charge in [0.2, 0.25) is 5.91 Å². The molecule has 1 aliphatic rings. The first-order valence-corrected chi connectivity index (χ1v) is 14.5. The molecule has 3 aromatic rings. The molecule has 3 N–H and O–H groups in total. The monoisotopic (exact) mass is 553 g/mol. The first-order valence-electron chi connectivity index (χ1n) is 12.4. The number of amides is 1. The maximum Gasteiger partial charge on any atom is 0.341 e. The molecule has 0 spiro atoms. The Bertz CT molecular complexity index is 1260. The van der Waals surface area contributed by atoms with E-state index in [4.69, 9.17) is 17.0 Å². The predicted octanol–water partition coefficient (Wildman–Crippen LogP) is 7.12. The van der Waals surface area contributed by atoms with Gasteiger partial charge in [0.1, 0.15) is 5.00 Å². The van der Waals surface area contributed by atoms with Gasteiger partial charge in [-0.1, -0.05) is 37.1 Å². The third-order valence-corrected chi connectivity index (χ3v) is 8.61. The lowest BCUT2D eigenvalue weighted by atomic mass is 9.96. The average molecular weight is 554 g/mol. The zero-order valence-electron chi connectivity index (χ0n) is 21.0. The quantitative estimate of drug-likeness (QED) is 0.163. The molecule has 1 unspecified atom stereocenters. The first kappa shape index (κ1) is 27.2. The fraction of sp³-hybridized carbons (Fsp3) is 0.321. The van der Waals surface area contributed by atoms with E-state index in [1.807, 2.05) is 61.5 Å². The summed E-state index contributed by atoms with van der Waals surface area (Å²) in [7, 11) is 1.39. The van der Waals surface area contributed by atoms with E-state index in [1.165, 1.54) is 41.5 Å². The molecule has 0 saturated carbocycles. The van der Waals surface area contributed by atoms with E-state index >= 15 is 0 Å². The van der Waals surface area contributed by atoms with Gasteiger partial charge < -0.3 is 20.7 Å². The summed E-state index contributed by atoms with van der Waals surface area (Å²) in [4.78, 5) is 27.9. The molecule has 0 aliphatic heterocycles. The van der Waals surface area contributed by atoms with Gasteiger partial charge in [-0.2, -0.15) is 0 Å². The molecule has 0 bridgehead atoms. The molecule has 1 aliphatic carbocycles. The van der Waals surface area contributed by atoms with Gasteiger partial charge in [-0.15, -0.1) is 23.1 Å². The second-order valence-electron chi connectivity index (χ2n) is 8.84. The molecule has 0 saturated heterocycles. The highest BCUT2D eigenvalue weighted by molar-refractivity contribution is 8.00. The van der Waals surface area contributed by atoms with Crippen LogP contribution in [0.5, 0.6) is 0 Å². The number of anilines is 3. The number of thioether (sulfide) groups is 1. The van der Waals surface area contributed by atoms with Crippen molar-refractivity contribution in [1.29, 1.82) is 0 Å². The third-order valence-electron chi connectivity index (χ3n) is 6.10.